The minimum Gasteiger partial charge on any atom is -0.481 e. The van der Waals surface area contributed by atoms with Crippen molar-refractivity contribution in [3.63, 3.8) is 0 Å². The first-order valence-corrected chi connectivity index (χ1v) is 10.1. The standard InChI is InChI=1S/C16H24N2O5S/c1-3-4-13-5-6-14(23-13)9-17-7-12-8-18(24(2,21)22)11-16(12,10-17)15(19)20/h5-6,12H,3-4,7-11H2,1-2H3,(H,19,20)/t12-,16-/m1/s1. The molecule has 2 fully saturated rings. The van der Waals surface area contributed by atoms with E-state index in [-0.39, 0.29) is 19.0 Å². The summed E-state index contributed by atoms with van der Waals surface area (Å²) in [5.41, 5.74) is -1.01. The van der Waals surface area contributed by atoms with Crippen LogP contribution in [0.15, 0.2) is 16.5 Å². The molecule has 2 aliphatic rings. The minimum absolute atomic E-state index is 0.0571. The van der Waals surface area contributed by atoms with Crippen LogP contribution >= 0.6 is 0 Å². The average Bonchev–Trinajstić information content (AvgIpc) is 3.11. The van der Waals surface area contributed by atoms with Gasteiger partial charge in [0.25, 0.3) is 0 Å². The lowest BCUT2D eigenvalue weighted by molar-refractivity contribution is -0.148. The van der Waals surface area contributed by atoms with E-state index >= 15 is 0 Å². The average molecular weight is 356 g/mol. The summed E-state index contributed by atoms with van der Waals surface area (Å²) in [7, 11) is -3.36. The van der Waals surface area contributed by atoms with E-state index in [1.54, 1.807) is 0 Å². The molecule has 8 heteroatoms. The third kappa shape index (κ3) is 3.10. The van der Waals surface area contributed by atoms with Gasteiger partial charge in [-0.15, -0.1) is 0 Å². The number of fused-ring (bicyclic) bond motifs is 1. The van der Waals surface area contributed by atoms with E-state index < -0.39 is 21.4 Å². The van der Waals surface area contributed by atoms with Crippen molar-refractivity contribution in [3.8, 4) is 0 Å². The quantitative estimate of drug-likeness (QED) is 0.818. The van der Waals surface area contributed by atoms with Gasteiger partial charge in [0.1, 0.15) is 11.5 Å². The lowest BCUT2D eigenvalue weighted by atomic mass is 9.81. The third-order valence-electron chi connectivity index (χ3n) is 5.14. The summed E-state index contributed by atoms with van der Waals surface area (Å²) in [5, 5.41) is 9.74. The summed E-state index contributed by atoms with van der Waals surface area (Å²) >= 11 is 0. The molecule has 134 valence electrons. The molecule has 3 rings (SSSR count). The van der Waals surface area contributed by atoms with Crippen LogP contribution in [0.2, 0.25) is 0 Å². The number of hydrogen-bond acceptors (Lipinski definition) is 5. The molecule has 0 aromatic carbocycles. The molecule has 0 radical (unpaired) electrons. The van der Waals surface area contributed by atoms with Crippen LogP contribution in [0, 0.1) is 11.3 Å². The number of likely N-dealkylation sites (tertiary alicyclic amines) is 1. The van der Waals surface area contributed by atoms with Gasteiger partial charge in [0, 0.05) is 38.5 Å². The zero-order chi connectivity index (χ0) is 17.5. The van der Waals surface area contributed by atoms with Crippen molar-refractivity contribution in [2.75, 3.05) is 32.4 Å². The van der Waals surface area contributed by atoms with Gasteiger partial charge in [-0.3, -0.25) is 9.69 Å². The van der Waals surface area contributed by atoms with Crippen LogP contribution in [-0.2, 0) is 27.8 Å². The van der Waals surface area contributed by atoms with Crippen molar-refractivity contribution < 1.29 is 22.7 Å². The molecule has 2 atom stereocenters. The second-order valence-electron chi connectivity index (χ2n) is 7.00. The second kappa shape index (κ2) is 6.16. The fraction of sp³-hybridized carbons (Fsp3) is 0.688. The van der Waals surface area contributed by atoms with Crippen molar-refractivity contribution in [1.29, 1.82) is 0 Å². The van der Waals surface area contributed by atoms with E-state index in [1.165, 1.54) is 4.31 Å². The van der Waals surface area contributed by atoms with Crippen LogP contribution in [0.3, 0.4) is 0 Å². The van der Waals surface area contributed by atoms with Gasteiger partial charge in [0.15, 0.2) is 0 Å². The normalized spacial score (nSPS) is 28.3. The summed E-state index contributed by atoms with van der Waals surface area (Å²) in [4.78, 5) is 14.0. The number of rotatable bonds is 6. The first-order chi connectivity index (χ1) is 11.2. The topological polar surface area (TPSA) is 91.1 Å². The molecule has 0 aliphatic carbocycles. The van der Waals surface area contributed by atoms with Gasteiger partial charge >= 0.3 is 5.97 Å². The zero-order valence-corrected chi connectivity index (χ0v) is 14.9. The molecule has 1 N–H and O–H groups in total. The monoisotopic (exact) mass is 356 g/mol. The highest BCUT2D eigenvalue weighted by Crippen LogP contribution is 2.44. The van der Waals surface area contributed by atoms with Crippen LogP contribution in [0.1, 0.15) is 24.9 Å². The van der Waals surface area contributed by atoms with Crippen LogP contribution in [0.5, 0.6) is 0 Å². The Morgan fingerprint density at radius 1 is 1.33 bits per heavy atom. The lowest BCUT2D eigenvalue weighted by Gasteiger charge is -2.24. The molecule has 0 spiro atoms. The third-order valence-corrected chi connectivity index (χ3v) is 6.35. The van der Waals surface area contributed by atoms with E-state index in [1.807, 2.05) is 12.1 Å². The highest BCUT2D eigenvalue weighted by Gasteiger charge is 2.59. The van der Waals surface area contributed by atoms with Gasteiger partial charge in [-0.2, -0.15) is 0 Å². The van der Waals surface area contributed by atoms with Crippen molar-refractivity contribution in [3.05, 3.63) is 23.7 Å². The molecular formula is C16H24N2O5S. The van der Waals surface area contributed by atoms with Crippen molar-refractivity contribution in [2.45, 2.75) is 26.3 Å². The van der Waals surface area contributed by atoms with Gasteiger partial charge in [0.05, 0.1) is 18.2 Å². The summed E-state index contributed by atoms with van der Waals surface area (Å²) < 4.78 is 30.6. The Morgan fingerprint density at radius 3 is 2.62 bits per heavy atom. The highest BCUT2D eigenvalue weighted by molar-refractivity contribution is 7.88. The molecule has 1 aromatic heterocycles. The Labute approximate surface area is 142 Å². The highest BCUT2D eigenvalue weighted by atomic mass is 32.2. The van der Waals surface area contributed by atoms with E-state index in [4.69, 9.17) is 4.42 Å². The van der Waals surface area contributed by atoms with E-state index in [9.17, 15) is 18.3 Å². The van der Waals surface area contributed by atoms with Crippen LogP contribution in [-0.4, -0.2) is 61.1 Å². The lowest BCUT2D eigenvalue weighted by Crippen LogP contribution is -2.41. The van der Waals surface area contributed by atoms with Crippen molar-refractivity contribution >= 4 is 16.0 Å². The van der Waals surface area contributed by atoms with Crippen LogP contribution in [0.4, 0.5) is 0 Å². The molecular weight excluding hydrogens is 332 g/mol. The van der Waals surface area contributed by atoms with Gasteiger partial charge in [-0.05, 0) is 18.6 Å². The van der Waals surface area contributed by atoms with Crippen molar-refractivity contribution in [1.82, 2.24) is 9.21 Å². The van der Waals surface area contributed by atoms with Gasteiger partial charge in [-0.25, -0.2) is 12.7 Å². The summed E-state index contributed by atoms with van der Waals surface area (Å²) in [6.07, 6.45) is 3.05. The molecule has 2 aliphatic heterocycles. The fourth-order valence-electron chi connectivity index (χ4n) is 3.91. The number of aliphatic carboxylic acids is 1. The minimum atomic E-state index is -3.36. The maximum absolute atomic E-state index is 11.9. The largest absolute Gasteiger partial charge is 0.481 e. The number of furan rings is 1. The summed E-state index contributed by atoms with van der Waals surface area (Å²) in [5.74, 6) is 0.684. The molecule has 7 nitrogen and oxygen atoms in total. The first-order valence-electron chi connectivity index (χ1n) is 8.23. The molecule has 3 heterocycles. The molecule has 0 saturated carbocycles. The number of carboxylic acid groups (broad SMARTS) is 1. The van der Waals surface area contributed by atoms with Gasteiger partial charge in [0.2, 0.25) is 10.0 Å². The van der Waals surface area contributed by atoms with Gasteiger partial charge < -0.3 is 9.52 Å². The molecule has 2 saturated heterocycles. The number of sulfonamides is 1. The van der Waals surface area contributed by atoms with E-state index in [0.29, 0.717) is 19.6 Å². The van der Waals surface area contributed by atoms with Crippen LogP contribution in [0.25, 0.3) is 0 Å². The summed E-state index contributed by atoms with van der Waals surface area (Å²) in [6.45, 7) is 3.91. The Morgan fingerprint density at radius 2 is 2.04 bits per heavy atom. The molecule has 1 aromatic rings. The molecule has 24 heavy (non-hydrogen) atoms. The predicted octanol–water partition coefficient (Wildman–Crippen LogP) is 1.01. The maximum Gasteiger partial charge on any atom is 0.312 e. The molecule has 0 unspecified atom stereocenters. The second-order valence-corrected chi connectivity index (χ2v) is 8.98. The Balaban J connectivity index is 1.72. The Bertz CT molecular complexity index is 729. The van der Waals surface area contributed by atoms with Crippen molar-refractivity contribution in [2.24, 2.45) is 11.3 Å². The maximum atomic E-state index is 11.9. The molecule has 0 bridgehead atoms. The van der Waals surface area contributed by atoms with Crippen LogP contribution < -0.4 is 0 Å². The number of hydrogen-bond donors (Lipinski definition) is 1. The Hall–Kier alpha value is -1.38. The number of carbonyl (C=O) groups is 1. The van der Waals surface area contributed by atoms with E-state index in [0.717, 1.165) is 30.6 Å². The smallest absolute Gasteiger partial charge is 0.312 e. The number of nitrogens with zero attached hydrogens (tertiary/aromatic N) is 2. The SMILES string of the molecule is CCCc1ccc(CN2C[C@@H]3CN(S(C)(=O)=O)C[C@]3(C(=O)O)C2)o1. The molecule has 0 amide bonds. The number of aryl methyl sites for hydroxylation is 1. The predicted molar refractivity (Wildman–Crippen MR) is 88.0 cm³/mol. The first kappa shape index (κ1) is 17.4. The zero-order valence-electron chi connectivity index (χ0n) is 14.1. The van der Waals surface area contributed by atoms with E-state index in [2.05, 4.69) is 11.8 Å². The fourth-order valence-corrected chi connectivity index (χ4v) is 4.82. The van der Waals surface area contributed by atoms with Gasteiger partial charge in [-0.1, -0.05) is 6.92 Å². The summed E-state index contributed by atoms with van der Waals surface area (Å²) in [6, 6.07) is 3.91. The Kier molecular flexibility index (Phi) is 4.48. The number of carboxylic acids is 1.